The van der Waals surface area contributed by atoms with Gasteiger partial charge in [-0.15, -0.1) is 0 Å². The van der Waals surface area contributed by atoms with E-state index in [1.807, 2.05) is 13.2 Å². The number of rotatable bonds is 5. The first-order valence-electron chi connectivity index (χ1n) is 6.62. The number of hydrogen-bond donors (Lipinski definition) is 1. The first-order valence-corrected chi connectivity index (χ1v) is 7.41. The summed E-state index contributed by atoms with van der Waals surface area (Å²) in [4.78, 5) is 0. The lowest BCUT2D eigenvalue weighted by atomic mass is 10.0. The lowest BCUT2D eigenvalue weighted by molar-refractivity contribution is 0.534. The van der Waals surface area contributed by atoms with Crippen molar-refractivity contribution in [3.05, 3.63) is 51.8 Å². The van der Waals surface area contributed by atoms with Gasteiger partial charge in [-0.05, 0) is 38.1 Å². The van der Waals surface area contributed by atoms with Crippen molar-refractivity contribution < 1.29 is 0 Å². The van der Waals surface area contributed by atoms with Gasteiger partial charge in [0.05, 0.1) is 11.7 Å². The Morgan fingerprint density at radius 3 is 2.84 bits per heavy atom. The van der Waals surface area contributed by atoms with Crippen molar-refractivity contribution >= 4 is 15.9 Å². The number of halogens is 1. The molecule has 0 aliphatic heterocycles. The van der Waals surface area contributed by atoms with Crippen LogP contribution in [0.2, 0.25) is 0 Å². The van der Waals surface area contributed by atoms with Crippen LogP contribution in [0.25, 0.3) is 0 Å². The fourth-order valence-electron chi connectivity index (χ4n) is 2.33. The van der Waals surface area contributed by atoms with Gasteiger partial charge in [0.15, 0.2) is 0 Å². The van der Waals surface area contributed by atoms with Crippen LogP contribution in [-0.2, 0) is 6.54 Å². The van der Waals surface area contributed by atoms with Crippen molar-refractivity contribution in [1.29, 1.82) is 0 Å². The van der Waals surface area contributed by atoms with Gasteiger partial charge in [-0.25, -0.2) is 0 Å². The van der Waals surface area contributed by atoms with E-state index in [9.17, 15) is 0 Å². The second-order valence-corrected chi connectivity index (χ2v) is 5.58. The molecule has 1 N–H and O–H groups in total. The van der Waals surface area contributed by atoms with Crippen LogP contribution in [0.15, 0.2) is 34.9 Å². The van der Waals surface area contributed by atoms with Crippen molar-refractivity contribution in [3.63, 3.8) is 0 Å². The largest absolute Gasteiger partial charge is 0.308 e. The van der Waals surface area contributed by atoms with Crippen molar-refractivity contribution in [1.82, 2.24) is 15.1 Å². The molecule has 0 bridgehead atoms. The zero-order chi connectivity index (χ0) is 13.8. The summed E-state index contributed by atoms with van der Waals surface area (Å²) in [5.41, 5.74) is 3.72. The Balaban J connectivity index is 2.44. The maximum atomic E-state index is 4.41. The molecule has 4 heteroatoms. The van der Waals surface area contributed by atoms with E-state index < -0.39 is 0 Å². The van der Waals surface area contributed by atoms with Crippen LogP contribution in [0, 0.1) is 6.92 Å². The van der Waals surface area contributed by atoms with Gasteiger partial charge in [0.25, 0.3) is 0 Å². The van der Waals surface area contributed by atoms with Gasteiger partial charge in [0.2, 0.25) is 0 Å². The normalized spacial score (nSPS) is 12.6. The highest BCUT2D eigenvalue weighted by molar-refractivity contribution is 9.10. The fourth-order valence-corrected chi connectivity index (χ4v) is 2.81. The third-order valence-electron chi connectivity index (χ3n) is 3.23. The highest BCUT2D eigenvalue weighted by Crippen LogP contribution is 2.29. The standard InChI is InChI=1S/C15H20BrN3/c1-4-9-19-14(7-8-18-19)15(17-3)12-10-11(2)5-6-13(12)16/h5-8,10,15,17H,4,9H2,1-3H3. The van der Waals surface area contributed by atoms with Gasteiger partial charge in [0.1, 0.15) is 0 Å². The second kappa shape index (κ2) is 6.35. The lowest BCUT2D eigenvalue weighted by Crippen LogP contribution is -2.22. The van der Waals surface area contributed by atoms with Crippen molar-refractivity contribution in [2.75, 3.05) is 7.05 Å². The Hall–Kier alpha value is -1.13. The Morgan fingerprint density at radius 2 is 2.16 bits per heavy atom. The molecule has 1 atom stereocenters. The average Bonchev–Trinajstić information content (AvgIpc) is 2.83. The molecular weight excluding hydrogens is 302 g/mol. The molecule has 1 heterocycles. The summed E-state index contributed by atoms with van der Waals surface area (Å²) in [6.45, 7) is 5.23. The number of benzene rings is 1. The number of nitrogens with zero attached hydrogens (tertiary/aromatic N) is 2. The monoisotopic (exact) mass is 321 g/mol. The SMILES string of the molecule is CCCn1nccc1C(NC)c1cc(C)ccc1Br. The summed E-state index contributed by atoms with van der Waals surface area (Å²) in [6, 6.07) is 8.68. The molecule has 0 fully saturated rings. The Bertz CT molecular complexity index is 548. The van der Waals surface area contributed by atoms with Crippen LogP contribution in [0.3, 0.4) is 0 Å². The Kier molecular flexibility index (Phi) is 4.77. The van der Waals surface area contributed by atoms with Crippen LogP contribution in [0.4, 0.5) is 0 Å². The minimum atomic E-state index is 0.156. The second-order valence-electron chi connectivity index (χ2n) is 4.73. The molecule has 0 saturated carbocycles. The quantitative estimate of drug-likeness (QED) is 0.910. The molecule has 0 saturated heterocycles. The number of aromatic nitrogens is 2. The third-order valence-corrected chi connectivity index (χ3v) is 3.95. The summed E-state index contributed by atoms with van der Waals surface area (Å²) in [7, 11) is 1.99. The van der Waals surface area contributed by atoms with Crippen molar-refractivity contribution in [3.8, 4) is 0 Å². The lowest BCUT2D eigenvalue weighted by Gasteiger charge is -2.20. The van der Waals surface area contributed by atoms with Crippen molar-refractivity contribution in [2.24, 2.45) is 0 Å². The first kappa shape index (κ1) is 14.3. The number of aryl methyl sites for hydroxylation is 2. The molecule has 0 aliphatic rings. The Labute approximate surface area is 123 Å². The minimum Gasteiger partial charge on any atom is -0.308 e. The van der Waals surface area contributed by atoms with E-state index in [2.05, 4.69) is 69.1 Å². The van der Waals surface area contributed by atoms with E-state index in [0.717, 1.165) is 17.4 Å². The molecule has 19 heavy (non-hydrogen) atoms. The molecule has 0 aliphatic carbocycles. The molecule has 0 amide bonds. The molecule has 102 valence electrons. The highest BCUT2D eigenvalue weighted by atomic mass is 79.9. The van der Waals surface area contributed by atoms with Crippen molar-refractivity contribution in [2.45, 2.75) is 32.9 Å². The highest BCUT2D eigenvalue weighted by Gasteiger charge is 2.18. The van der Waals surface area contributed by atoms with Gasteiger partial charge in [-0.1, -0.05) is 40.5 Å². The predicted octanol–water partition coefficient (Wildman–Crippen LogP) is 3.67. The average molecular weight is 322 g/mol. The molecule has 1 aromatic carbocycles. The molecule has 0 spiro atoms. The van der Waals surface area contributed by atoms with E-state index in [1.54, 1.807) is 0 Å². The molecule has 1 aromatic heterocycles. The van der Waals surface area contributed by atoms with Crippen LogP contribution in [0.1, 0.15) is 36.2 Å². The minimum absolute atomic E-state index is 0.156. The van der Waals surface area contributed by atoms with E-state index >= 15 is 0 Å². The zero-order valence-electron chi connectivity index (χ0n) is 11.7. The third kappa shape index (κ3) is 3.07. The molecule has 3 nitrogen and oxygen atoms in total. The molecule has 2 aromatic rings. The summed E-state index contributed by atoms with van der Waals surface area (Å²) in [5, 5.41) is 7.81. The van der Waals surface area contributed by atoms with Gasteiger partial charge >= 0.3 is 0 Å². The maximum Gasteiger partial charge on any atom is 0.0756 e. The number of nitrogens with one attached hydrogen (secondary N) is 1. The van der Waals surface area contributed by atoms with Gasteiger partial charge < -0.3 is 5.32 Å². The van der Waals surface area contributed by atoms with Gasteiger partial charge in [-0.3, -0.25) is 4.68 Å². The molecule has 0 radical (unpaired) electrons. The van der Waals surface area contributed by atoms with Crippen LogP contribution < -0.4 is 5.32 Å². The van der Waals surface area contributed by atoms with E-state index in [-0.39, 0.29) is 6.04 Å². The fraction of sp³-hybridized carbons (Fsp3) is 0.400. The smallest absolute Gasteiger partial charge is 0.0756 e. The zero-order valence-corrected chi connectivity index (χ0v) is 13.2. The summed E-state index contributed by atoms with van der Waals surface area (Å²) >= 11 is 3.65. The summed E-state index contributed by atoms with van der Waals surface area (Å²) < 4.78 is 3.21. The Morgan fingerprint density at radius 1 is 1.37 bits per heavy atom. The van der Waals surface area contributed by atoms with Gasteiger partial charge in [-0.2, -0.15) is 5.10 Å². The molecule has 2 rings (SSSR count). The van der Waals surface area contributed by atoms with E-state index in [0.29, 0.717) is 0 Å². The summed E-state index contributed by atoms with van der Waals surface area (Å²) in [6.07, 6.45) is 2.96. The number of hydrogen-bond acceptors (Lipinski definition) is 2. The van der Waals surface area contributed by atoms with Gasteiger partial charge in [0, 0.05) is 17.2 Å². The van der Waals surface area contributed by atoms with Crippen LogP contribution in [0.5, 0.6) is 0 Å². The molecular formula is C15H20BrN3. The van der Waals surface area contributed by atoms with E-state index in [1.165, 1.54) is 16.8 Å². The summed E-state index contributed by atoms with van der Waals surface area (Å²) in [5.74, 6) is 0. The predicted molar refractivity (Wildman–Crippen MR) is 82.3 cm³/mol. The van der Waals surface area contributed by atoms with Crippen LogP contribution in [-0.4, -0.2) is 16.8 Å². The topological polar surface area (TPSA) is 29.9 Å². The molecule has 1 unspecified atom stereocenters. The first-order chi connectivity index (χ1) is 9.17. The van der Waals surface area contributed by atoms with Crippen LogP contribution >= 0.6 is 15.9 Å². The van der Waals surface area contributed by atoms with E-state index in [4.69, 9.17) is 0 Å². The maximum absolute atomic E-state index is 4.41.